The van der Waals surface area contributed by atoms with Crippen LogP contribution >= 0.6 is 11.8 Å². The molecule has 0 saturated heterocycles. The summed E-state index contributed by atoms with van der Waals surface area (Å²) in [7, 11) is 0. The Balaban J connectivity index is 1.54. The number of hydrazone groups is 1. The lowest BCUT2D eigenvalue weighted by molar-refractivity contribution is -0.118. The highest BCUT2D eigenvalue weighted by Gasteiger charge is 2.07. The molecule has 0 aliphatic heterocycles. The van der Waals surface area contributed by atoms with Gasteiger partial charge >= 0.3 is 0 Å². The fourth-order valence-corrected chi connectivity index (χ4v) is 2.78. The fourth-order valence-electron chi connectivity index (χ4n) is 2.11. The predicted molar refractivity (Wildman–Crippen MR) is 93.7 cm³/mol. The lowest BCUT2D eigenvalue weighted by Crippen LogP contribution is -2.19. The van der Waals surface area contributed by atoms with Gasteiger partial charge in [0.15, 0.2) is 5.16 Å². The molecule has 3 aromatic rings. The Bertz CT molecular complexity index is 842. The number of aromatic amines is 1. The van der Waals surface area contributed by atoms with Gasteiger partial charge in [0.05, 0.1) is 23.0 Å². The van der Waals surface area contributed by atoms with Gasteiger partial charge in [0, 0.05) is 0 Å². The molecular weight excluding hydrogens is 308 g/mol. The minimum Gasteiger partial charge on any atom is -0.333 e. The van der Waals surface area contributed by atoms with Gasteiger partial charge in [-0.1, -0.05) is 54.2 Å². The molecule has 2 aromatic carbocycles. The van der Waals surface area contributed by atoms with Crippen LogP contribution in [0.25, 0.3) is 11.0 Å². The minimum absolute atomic E-state index is 0.167. The topological polar surface area (TPSA) is 70.1 Å². The average molecular weight is 324 g/mol. The van der Waals surface area contributed by atoms with Crippen molar-refractivity contribution in [3.05, 3.63) is 59.7 Å². The zero-order valence-corrected chi connectivity index (χ0v) is 13.4. The van der Waals surface area contributed by atoms with Crippen molar-refractivity contribution in [2.75, 3.05) is 5.75 Å². The van der Waals surface area contributed by atoms with Crippen LogP contribution in [-0.4, -0.2) is 27.8 Å². The van der Waals surface area contributed by atoms with Crippen LogP contribution in [0.5, 0.6) is 0 Å². The van der Waals surface area contributed by atoms with Gasteiger partial charge in [-0.2, -0.15) is 5.10 Å². The number of hydrogen-bond acceptors (Lipinski definition) is 4. The second-order valence-electron chi connectivity index (χ2n) is 5.01. The first-order valence-electron chi connectivity index (χ1n) is 7.17. The van der Waals surface area contributed by atoms with Gasteiger partial charge in [-0.05, 0) is 24.1 Å². The number of imidazole rings is 1. The Morgan fingerprint density at radius 3 is 2.87 bits per heavy atom. The molecule has 0 spiro atoms. The van der Waals surface area contributed by atoms with Crippen LogP contribution < -0.4 is 5.43 Å². The predicted octanol–water partition coefficient (Wildman–Crippen LogP) is 3.11. The zero-order valence-electron chi connectivity index (χ0n) is 12.6. The van der Waals surface area contributed by atoms with E-state index in [1.807, 2.05) is 55.5 Å². The molecule has 0 bridgehead atoms. The molecular formula is C17H16N4OS. The molecule has 0 unspecified atom stereocenters. The molecule has 0 saturated carbocycles. The number of nitrogens with one attached hydrogen (secondary N) is 2. The summed E-state index contributed by atoms with van der Waals surface area (Å²) in [4.78, 5) is 19.5. The van der Waals surface area contributed by atoms with Crippen LogP contribution in [0, 0.1) is 6.92 Å². The zero-order chi connectivity index (χ0) is 16.1. The summed E-state index contributed by atoms with van der Waals surface area (Å²) in [6, 6.07) is 15.6. The second kappa shape index (κ2) is 7.11. The molecule has 0 atom stereocenters. The highest BCUT2D eigenvalue weighted by molar-refractivity contribution is 7.99. The number of para-hydroxylation sites is 1. The molecule has 2 N–H and O–H groups in total. The van der Waals surface area contributed by atoms with E-state index in [-0.39, 0.29) is 11.7 Å². The highest BCUT2D eigenvalue weighted by Crippen LogP contribution is 2.21. The largest absolute Gasteiger partial charge is 0.333 e. The standard InChI is InChI=1S/C17H16N4OS/c1-12-6-5-9-14-16(12)20-17(19-14)23-11-15(22)21-18-10-13-7-3-2-4-8-13/h2-10H,11H2,1H3,(H,19,20)(H,21,22)/b18-10+. The molecule has 0 fully saturated rings. The number of aromatic nitrogens is 2. The number of H-pyrrole nitrogens is 1. The van der Waals surface area contributed by atoms with E-state index in [9.17, 15) is 4.79 Å². The van der Waals surface area contributed by atoms with Crippen LogP contribution in [0.1, 0.15) is 11.1 Å². The summed E-state index contributed by atoms with van der Waals surface area (Å²) in [5, 5.41) is 4.68. The third-order valence-electron chi connectivity index (χ3n) is 3.24. The summed E-state index contributed by atoms with van der Waals surface area (Å²) in [5.41, 5.74) is 6.49. The summed E-state index contributed by atoms with van der Waals surface area (Å²) < 4.78 is 0. The van der Waals surface area contributed by atoms with Crippen LogP contribution in [-0.2, 0) is 4.79 Å². The van der Waals surface area contributed by atoms with Crippen molar-refractivity contribution in [2.24, 2.45) is 5.10 Å². The van der Waals surface area contributed by atoms with E-state index in [4.69, 9.17) is 0 Å². The van der Waals surface area contributed by atoms with Gasteiger partial charge in [-0.25, -0.2) is 10.4 Å². The van der Waals surface area contributed by atoms with Crippen LogP contribution in [0.2, 0.25) is 0 Å². The Kier molecular flexibility index (Phi) is 4.73. The summed E-state index contributed by atoms with van der Waals surface area (Å²) in [6.07, 6.45) is 1.62. The van der Waals surface area contributed by atoms with Gasteiger partial charge in [0.2, 0.25) is 0 Å². The third kappa shape index (κ3) is 3.98. The lowest BCUT2D eigenvalue weighted by atomic mass is 10.2. The van der Waals surface area contributed by atoms with Gasteiger partial charge in [0.1, 0.15) is 0 Å². The summed E-state index contributed by atoms with van der Waals surface area (Å²) in [6.45, 7) is 2.02. The number of carbonyl (C=O) groups excluding carboxylic acids is 1. The smallest absolute Gasteiger partial charge is 0.250 e. The Morgan fingerprint density at radius 2 is 2.09 bits per heavy atom. The molecule has 1 amide bonds. The van der Waals surface area contributed by atoms with Crippen LogP contribution in [0.3, 0.4) is 0 Å². The van der Waals surface area contributed by atoms with Crippen molar-refractivity contribution in [3.63, 3.8) is 0 Å². The van der Waals surface area contributed by atoms with E-state index in [1.54, 1.807) is 6.21 Å². The van der Waals surface area contributed by atoms with Crippen LogP contribution in [0.4, 0.5) is 0 Å². The number of carbonyl (C=O) groups is 1. The highest BCUT2D eigenvalue weighted by atomic mass is 32.2. The van der Waals surface area contributed by atoms with Crippen LogP contribution in [0.15, 0.2) is 58.8 Å². The fraction of sp³-hybridized carbons (Fsp3) is 0.118. The first-order valence-corrected chi connectivity index (χ1v) is 8.16. The van der Waals surface area contributed by atoms with Gasteiger partial charge in [-0.3, -0.25) is 4.79 Å². The molecule has 1 aromatic heterocycles. The van der Waals surface area contributed by atoms with Crippen molar-refractivity contribution < 1.29 is 4.79 Å². The van der Waals surface area contributed by atoms with Gasteiger partial charge in [-0.15, -0.1) is 0 Å². The molecule has 6 heteroatoms. The molecule has 5 nitrogen and oxygen atoms in total. The van der Waals surface area contributed by atoms with E-state index in [1.165, 1.54) is 11.8 Å². The Morgan fingerprint density at radius 1 is 1.26 bits per heavy atom. The monoisotopic (exact) mass is 324 g/mol. The number of thioether (sulfide) groups is 1. The first kappa shape index (κ1) is 15.3. The van der Waals surface area contributed by atoms with Crippen molar-refractivity contribution >= 4 is 34.9 Å². The maximum Gasteiger partial charge on any atom is 0.250 e. The Labute approximate surface area is 138 Å². The number of hydrogen-bond donors (Lipinski definition) is 2. The van der Waals surface area contributed by atoms with Gasteiger partial charge < -0.3 is 4.98 Å². The molecule has 0 radical (unpaired) electrons. The quantitative estimate of drug-likeness (QED) is 0.430. The summed E-state index contributed by atoms with van der Waals surface area (Å²) in [5.74, 6) is 0.0877. The Hall–Kier alpha value is -2.60. The number of fused-ring (bicyclic) bond motifs is 1. The maximum absolute atomic E-state index is 11.8. The van der Waals surface area contributed by atoms with Crippen molar-refractivity contribution in [1.82, 2.24) is 15.4 Å². The number of amides is 1. The minimum atomic E-state index is -0.167. The van der Waals surface area contributed by atoms with E-state index in [0.29, 0.717) is 0 Å². The second-order valence-corrected chi connectivity index (χ2v) is 5.97. The third-order valence-corrected chi connectivity index (χ3v) is 4.11. The number of nitrogens with zero attached hydrogens (tertiary/aromatic N) is 2. The molecule has 3 rings (SSSR count). The average Bonchev–Trinajstić information content (AvgIpc) is 2.99. The van der Waals surface area contributed by atoms with E-state index in [2.05, 4.69) is 20.5 Å². The number of rotatable bonds is 5. The van der Waals surface area contributed by atoms with E-state index < -0.39 is 0 Å². The van der Waals surface area contributed by atoms with Crippen molar-refractivity contribution in [1.29, 1.82) is 0 Å². The van der Waals surface area contributed by atoms with Gasteiger partial charge in [0.25, 0.3) is 5.91 Å². The number of aryl methyl sites for hydroxylation is 1. The van der Waals surface area contributed by atoms with Crippen molar-refractivity contribution in [3.8, 4) is 0 Å². The molecule has 116 valence electrons. The molecule has 0 aliphatic rings. The SMILES string of the molecule is Cc1cccc2[nH]c(SCC(=O)N/N=C/c3ccccc3)nc12. The van der Waals surface area contributed by atoms with Crippen molar-refractivity contribution in [2.45, 2.75) is 12.1 Å². The van der Waals surface area contributed by atoms with E-state index >= 15 is 0 Å². The normalized spacial score (nSPS) is 11.2. The number of benzene rings is 2. The lowest BCUT2D eigenvalue weighted by Gasteiger charge is -1.97. The van der Waals surface area contributed by atoms with E-state index in [0.717, 1.165) is 27.3 Å². The first-order chi connectivity index (χ1) is 11.2. The maximum atomic E-state index is 11.8. The molecule has 1 heterocycles. The molecule has 0 aliphatic carbocycles. The summed E-state index contributed by atoms with van der Waals surface area (Å²) >= 11 is 1.36. The molecule has 23 heavy (non-hydrogen) atoms.